The Labute approximate surface area is 89.2 Å². The van der Waals surface area contributed by atoms with Crippen molar-refractivity contribution in [2.45, 2.75) is 18.7 Å². The van der Waals surface area contributed by atoms with E-state index < -0.39 is 9.84 Å². The van der Waals surface area contributed by atoms with Crippen LogP contribution in [-0.2, 0) is 14.6 Å². The first-order chi connectivity index (χ1) is 6.80. The normalized spacial score (nSPS) is 11.1. The van der Waals surface area contributed by atoms with Crippen molar-refractivity contribution in [2.24, 2.45) is 0 Å². The van der Waals surface area contributed by atoms with Gasteiger partial charge in [-0.25, -0.2) is 8.42 Å². The van der Waals surface area contributed by atoms with Crippen molar-refractivity contribution in [2.75, 3.05) is 11.6 Å². The molecule has 1 N–H and O–H groups in total. The van der Waals surface area contributed by atoms with Gasteiger partial charge in [0.15, 0.2) is 9.84 Å². The molecule has 0 fully saturated rings. The van der Waals surface area contributed by atoms with Gasteiger partial charge < -0.3 is 5.32 Å². The zero-order valence-corrected chi connectivity index (χ0v) is 9.68. The maximum Gasteiger partial charge on any atom is 0.221 e. The maximum atomic E-state index is 11.4. The molecule has 1 aromatic carbocycles. The van der Waals surface area contributed by atoms with Crippen LogP contribution in [0.3, 0.4) is 0 Å². The topological polar surface area (TPSA) is 63.2 Å². The van der Waals surface area contributed by atoms with Crippen LogP contribution in [0.1, 0.15) is 12.5 Å². The molecule has 82 valence electrons. The molecular formula is C10H13NO3S. The van der Waals surface area contributed by atoms with Crippen LogP contribution in [0.25, 0.3) is 0 Å². The summed E-state index contributed by atoms with van der Waals surface area (Å²) in [6.07, 6.45) is 1.12. The lowest BCUT2D eigenvalue weighted by molar-refractivity contribution is -0.114. The van der Waals surface area contributed by atoms with Crippen molar-refractivity contribution < 1.29 is 13.2 Å². The molecule has 0 bridgehead atoms. The van der Waals surface area contributed by atoms with Crippen LogP contribution < -0.4 is 5.32 Å². The third kappa shape index (κ3) is 3.06. The van der Waals surface area contributed by atoms with Crippen molar-refractivity contribution in [1.29, 1.82) is 0 Å². The largest absolute Gasteiger partial charge is 0.325 e. The first-order valence-electron chi connectivity index (χ1n) is 4.39. The smallest absolute Gasteiger partial charge is 0.221 e. The molecule has 0 aliphatic heterocycles. The Balaban J connectivity index is 3.33. The fourth-order valence-electron chi connectivity index (χ4n) is 1.23. The summed E-state index contributed by atoms with van der Waals surface area (Å²) in [4.78, 5) is 11.0. The minimum absolute atomic E-state index is 0.151. The number of aryl methyl sites for hydroxylation is 1. The summed E-state index contributed by atoms with van der Waals surface area (Å²) in [5.41, 5.74) is 1.17. The van der Waals surface area contributed by atoms with E-state index in [1.807, 2.05) is 0 Å². The fraction of sp³-hybridized carbons (Fsp3) is 0.300. The second-order valence-electron chi connectivity index (χ2n) is 3.45. The Morgan fingerprint density at radius 2 is 1.93 bits per heavy atom. The van der Waals surface area contributed by atoms with Crippen LogP contribution in [0.4, 0.5) is 5.69 Å². The van der Waals surface area contributed by atoms with E-state index in [1.54, 1.807) is 25.1 Å². The molecule has 0 heterocycles. The second-order valence-corrected chi connectivity index (χ2v) is 5.44. The van der Waals surface area contributed by atoms with Gasteiger partial charge in [-0.05, 0) is 24.6 Å². The van der Waals surface area contributed by atoms with Crippen LogP contribution in [0.5, 0.6) is 0 Å². The number of hydrogen-bond acceptors (Lipinski definition) is 3. The van der Waals surface area contributed by atoms with Gasteiger partial charge in [0.2, 0.25) is 5.91 Å². The van der Waals surface area contributed by atoms with E-state index in [4.69, 9.17) is 0 Å². The van der Waals surface area contributed by atoms with E-state index in [0.29, 0.717) is 5.69 Å². The molecule has 1 aromatic rings. The van der Waals surface area contributed by atoms with Gasteiger partial charge in [-0.1, -0.05) is 6.07 Å². The number of carbonyl (C=O) groups is 1. The number of nitrogens with one attached hydrogen (secondary N) is 1. The monoisotopic (exact) mass is 227 g/mol. The number of hydrogen-bond donors (Lipinski definition) is 1. The summed E-state index contributed by atoms with van der Waals surface area (Å²) in [7, 11) is -3.32. The molecule has 0 spiro atoms. The third-order valence-corrected chi connectivity index (χ3v) is 2.98. The predicted molar refractivity (Wildman–Crippen MR) is 58.6 cm³/mol. The Bertz CT molecular complexity index is 491. The molecule has 0 saturated carbocycles. The molecule has 0 aliphatic rings. The summed E-state index contributed by atoms with van der Waals surface area (Å²) in [5, 5.41) is 2.49. The molecule has 1 amide bonds. The molecule has 5 heteroatoms. The lowest BCUT2D eigenvalue weighted by atomic mass is 10.2. The molecule has 15 heavy (non-hydrogen) atoms. The van der Waals surface area contributed by atoms with Gasteiger partial charge in [0.25, 0.3) is 0 Å². The lowest BCUT2D eigenvalue weighted by Gasteiger charge is -2.08. The van der Waals surface area contributed by atoms with Gasteiger partial charge in [-0.3, -0.25) is 4.79 Å². The summed E-state index contributed by atoms with van der Waals surface area (Å²) >= 11 is 0. The molecule has 0 atom stereocenters. The number of sulfone groups is 1. The zero-order valence-electron chi connectivity index (χ0n) is 8.87. The molecule has 4 nitrogen and oxygen atoms in total. The quantitative estimate of drug-likeness (QED) is 0.829. The van der Waals surface area contributed by atoms with E-state index in [1.165, 1.54) is 6.92 Å². The average molecular weight is 227 g/mol. The molecule has 0 saturated heterocycles. The minimum atomic E-state index is -3.32. The van der Waals surface area contributed by atoms with Crippen molar-refractivity contribution >= 4 is 21.4 Å². The first-order valence-corrected chi connectivity index (χ1v) is 6.28. The Morgan fingerprint density at radius 1 is 1.33 bits per heavy atom. The SMILES string of the molecule is CC(=O)Nc1ccc(C)cc1S(C)(=O)=O. The van der Waals surface area contributed by atoms with E-state index in [0.717, 1.165) is 11.8 Å². The van der Waals surface area contributed by atoms with E-state index in [2.05, 4.69) is 5.32 Å². The Kier molecular flexibility index (Phi) is 3.14. The number of benzene rings is 1. The van der Waals surface area contributed by atoms with Gasteiger partial charge >= 0.3 is 0 Å². The highest BCUT2D eigenvalue weighted by Crippen LogP contribution is 2.22. The Morgan fingerprint density at radius 3 is 2.40 bits per heavy atom. The highest BCUT2D eigenvalue weighted by atomic mass is 32.2. The van der Waals surface area contributed by atoms with Crippen molar-refractivity contribution in [3.8, 4) is 0 Å². The van der Waals surface area contributed by atoms with Gasteiger partial charge in [-0.2, -0.15) is 0 Å². The number of amides is 1. The highest BCUT2D eigenvalue weighted by molar-refractivity contribution is 7.90. The average Bonchev–Trinajstić information content (AvgIpc) is 2.05. The molecule has 1 rings (SSSR count). The summed E-state index contributed by atoms with van der Waals surface area (Å²) < 4.78 is 22.9. The number of carbonyl (C=O) groups excluding carboxylic acids is 1. The van der Waals surface area contributed by atoms with Gasteiger partial charge in [0.05, 0.1) is 10.6 Å². The summed E-state index contributed by atoms with van der Waals surface area (Å²) in [6, 6.07) is 4.88. The standard InChI is InChI=1S/C10H13NO3S/c1-7-4-5-9(11-8(2)12)10(6-7)15(3,13)14/h4-6H,1-3H3,(H,11,12). The van der Waals surface area contributed by atoms with E-state index in [9.17, 15) is 13.2 Å². The highest BCUT2D eigenvalue weighted by Gasteiger charge is 2.13. The molecule has 0 unspecified atom stereocenters. The molecule has 0 radical (unpaired) electrons. The van der Waals surface area contributed by atoms with Crippen molar-refractivity contribution in [3.05, 3.63) is 23.8 Å². The van der Waals surface area contributed by atoms with E-state index in [-0.39, 0.29) is 10.8 Å². The van der Waals surface area contributed by atoms with Crippen molar-refractivity contribution in [1.82, 2.24) is 0 Å². The van der Waals surface area contributed by atoms with Gasteiger partial charge in [0.1, 0.15) is 0 Å². The van der Waals surface area contributed by atoms with Gasteiger partial charge in [0, 0.05) is 13.2 Å². The molecule has 0 aliphatic carbocycles. The zero-order chi connectivity index (χ0) is 11.6. The fourth-order valence-corrected chi connectivity index (χ4v) is 2.15. The predicted octanol–water partition coefficient (Wildman–Crippen LogP) is 1.36. The third-order valence-electron chi connectivity index (χ3n) is 1.85. The number of anilines is 1. The van der Waals surface area contributed by atoms with Crippen LogP contribution in [0, 0.1) is 6.92 Å². The first kappa shape index (κ1) is 11.7. The van der Waals surface area contributed by atoms with Crippen LogP contribution in [0.15, 0.2) is 23.1 Å². The van der Waals surface area contributed by atoms with Crippen LogP contribution in [-0.4, -0.2) is 20.6 Å². The van der Waals surface area contributed by atoms with Gasteiger partial charge in [-0.15, -0.1) is 0 Å². The molecular weight excluding hydrogens is 214 g/mol. The Hall–Kier alpha value is -1.36. The van der Waals surface area contributed by atoms with E-state index >= 15 is 0 Å². The molecule has 0 aromatic heterocycles. The lowest BCUT2D eigenvalue weighted by Crippen LogP contribution is -2.10. The number of rotatable bonds is 2. The second kappa shape index (κ2) is 4.02. The van der Waals surface area contributed by atoms with Crippen LogP contribution in [0.2, 0.25) is 0 Å². The van der Waals surface area contributed by atoms with Crippen LogP contribution >= 0.6 is 0 Å². The summed E-state index contributed by atoms with van der Waals surface area (Å²) in [5.74, 6) is -0.288. The maximum absolute atomic E-state index is 11.4. The summed E-state index contributed by atoms with van der Waals surface area (Å²) in [6.45, 7) is 3.14. The minimum Gasteiger partial charge on any atom is -0.325 e. The van der Waals surface area contributed by atoms with Crippen molar-refractivity contribution in [3.63, 3.8) is 0 Å².